The van der Waals surface area contributed by atoms with Crippen LogP contribution in [0.3, 0.4) is 0 Å². The van der Waals surface area contributed by atoms with E-state index in [4.69, 9.17) is 0 Å². The molecule has 20 heavy (non-hydrogen) atoms. The smallest absolute Gasteiger partial charge is 0.0208 e. The van der Waals surface area contributed by atoms with Crippen molar-refractivity contribution in [2.24, 2.45) is 0 Å². The fourth-order valence-electron chi connectivity index (χ4n) is 3.46. The van der Waals surface area contributed by atoms with Crippen molar-refractivity contribution >= 4 is 0 Å². The maximum absolute atomic E-state index is 3.46. The van der Waals surface area contributed by atoms with E-state index in [1.54, 1.807) is 5.56 Å². The molecule has 1 N–H and O–H groups in total. The van der Waals surface area contributed by atoms with Crippen LogP contribution in [0.2, 0.25) is 0 Å². The maximum atomic E-state index is 3.46. The molecule has 0 saturated carbocycles. The average Bonchev–Trinajstić information content (AvgIpc) is 2.43. The SMILES string of the molecule is Cc1cc(C)c(Cc2cccc3c2CCNC3)c(C)c1. The van der Waals surface area contributed by atoms with Gasteiger partial charge in [-0.2, -0.15) is 0 Å². The van der Waals surface area contributed by atoms with Crippen LogP contribution in [0.25, 0.3) is 0 Å². The van der Waals surface area contributed by atoms with Gasteiger partial charge in [-0.25, -0.2) is 0 Å². The summed E-state index contributed by atoms with van der Waals surface area (Å²) in [6.07, 6.45) is 2.23. The third-order valence-electron chi connectivity index (χ3n) is 4.44. The van der Waals surface area contributed by atoms with E-state index in [2.05, 4.69) is 56.4 Å². The van der Waals surface area contributed by atoms with E-state index in [0.717, 1.165) is 25.9 Å². The number of benzene rings is 2. The van der Waals surface area contributed by atoms with E-state index in [1.807, 2.05) is 0 Å². The van der Waals surface area contributed by atoms with Crippen LogP contribution < -0.4 is 5.32 Å². The highest BCUT2D eigenvalue weighted by molar-refractivity contribution is 5.45. The predicted molar refractivity (Wildman–Crippen MR) is 85.3 cm³/mol. The van der Waals surface area contributed by atoms with Gasteiger partial charge in [-0.1, -0.05) is 35.9 Å². The molecule has 0 radical (unpaired) electrons. The van der Waals surface area contributed by atoms with Gasteiger partial charge in [0.15, 0.2) is 0 Å². The molecule has 1 heteroatoms. The molecule has 0 aromatic heterocycles. The molecule has 1 aliphatic rings. The van der Waals surface area contributed by atoms with Gasteiger partial charge in [0.2, 0.25) is 0 Å². The number of rotatable bonds is 2. The van der Waals surface area contributed by atoms with Crippen LogP contribution >= 0.6 is 0 Å². The summed E-state index contributed by atoms with van der Waals surface area (Å²) in [5, 5.41) is 3.46. The molecule has 0 atom stereocenters. The highest BCUT2D eigenvalue weighted by atomic mass is 14.9. The summed E-state index contributed by atoms with van der Waals surface area (Å²) in [4.78, 5) is 0. The van der Waals surface area contributed by atoms with Crippen LogP contribution in [0.1, 0.15) is 38.9 Å². The fourth-order valence-corrected chi connectivity index (χ4v) is 3.46. The molecule has 0 bridgehead atoms. The Labute approximate surface area is 122 Å². The Morgan fingerprint density at radius 1 is 1.05 bits per heavy atom. The molecule has 0 aliphatic carbocycles. The molecule has 3 rings (SSSR count). The van der Waals surface area contributed by atoms with Gasteiger partial charge in [0.25, 0.3) is 0 Å². The minimum Gasteiger partial charge on any atom is -0.312 e. The van der Waals surface area contributed by atoms with Crippen LogP contribution in [-0.2, 0) is 19.4 Å². The summed E-state index contributed by atoms with van der Waals surface area (Å²) in [5.74, 6) is 0. The summed E-state index contributed by atoms with van der Waals surface area (Å²) in [6, 6.07) is 11.4. The van der Waals surface area contributed by atoms with Gasteiger partial charge in [0.1, 0.15) is 0 Å². The number of fused-ring (bicyclic) bond motifs is 1. The first-order chi connectivity index (χ1) is 9.65. The minimum atomic E-state index is 1.02. The first-order valence-corrected chi connectivity index (χ1v) is 7.52. The third-order valence-corrected chi connectivity index (χ3v) is 4.44. The zero-order valence-corrected chi connectivity index (χ0v) is 12.7. The maximum Gasteiger partial charge on any atom is 0.0208 e. The lowest BCUT2D eigenvalue weighted by Gasteiger charge is -2.21. The van der Waals surface area contributed by atoms with Gasteiger partial charge in [-0.05, 0) is 73.5 Å². The first-order valence-electron chi connectivity index (χ1n) is 7.52. The van der Waals surface area contributed by atoms with Crippen molar-refractivity contribution in [1.29, 1.82) is 0 Å². The zero-order valence-electron chi connectivity index (χ0n) is 12.7. The Hall–Kier alpha value is -1.60. The second kappa shape index (κ2) is 5.41. The molecule has 2 aromatic rings. The van der Waals surface area contributed by atoms with Gasteiger partial charge in [0, 0.05) is 6.54 Å². The molecule has 0 unspecified atom stereocenters. The van der Waals surface area contributed by atoms with Crippen molar-refractivity contribution in [1.82, 2.24) is 5.32 Å². The molecule has 104 valence electrons. The van der Waals surface area contributed by atoms with Crippen LogP contribution in [0, 0.1) is 20.8 Å². The summed E-state index contributed by atoms with van der Waals surface area (Å²) in [5.41, 5.74) is 10.3. The van der Waals surface area contributed by atoms with Gasteiger partial charge >= 0.3 is 0 Å². The highest BCUT2D eigenvalue weighted by Gasteiger charge is 2.14. The molecule has 0 fully saturated rings. The second-order valence-electron chi connectivity index (χ2n) is 6.04. The van der Waals surface area contributed by atoms with E-state index in [0.29, 0.717) is 0 Å². The Morgan fingerprint density at radius 2 is 1.80 bits per heavy atom. The Bertz CT molecular complexity index is 617. The third kappa shape index (κ3) is 2.51. The Kier molecular flexibility index (Phi) is 3.62. The number of nitrogens with one attached hydrogen (secondary N) is 1. The van der Waals surface area contributed by atoms with E-state index in [9.17, 15) is 0 Å². The summed E-state index contributed by atoms with van der Waals surface area (Å²) in [6.45, 7) is 8.79. The van der Waals surface area contributed by atoms with Crippen LogP contribution in [0.15, 0.2) is 30.3 Å². The Balaban J connectivity index is 2.00. The lowest BCUT2D eigenvalue weighted by Crippen LogP contribution is -2.24. The van der Waals surface area contributed by atoms with Crippen LogP contribution in [0.4, 0.5) is 0 Å². The summed E-state index contributed by atoms with van der Waals surface area (Å²) >= 11 is 0. The summed E-state index contributed by atoms with van der Waals surface area (Å²) < 4.78 is 0. The molecular formula is C19H23N. The highest BCUT2D eigenvalue weighted by Crippen LogP contribution is 2.25. The molecule has 0 saturated heterocycles. The normalized spacial score (nSPS) is 14.2. The van der Waals surface area contributed by atoms with Crippen LogP contribution in [0.5, 0.6) is 0 Å². The molecule has 1 nitrogen and oxygen atoms in total. The molecule has 1 heterocycles. The van der Waals surface area contributed by atoms with Gasteiger partial charge in [0.05, 0.1) is 0 Å². The van der Waals surface area contributed by atoms with E-state index >= 15 is 0 Å². The monoisotopic (exact) mass is 265 g/mol. The quantitative estimate of drug-likeness (QED) is 0.869. The lowest BCUT2D eigenvalue weighted by atomic mass is 9.88. The van der Waals surface area contributed by atoms with E-state index in [1.165, 1.54) is 33.4 Å². The average molecular weight is 265 g/mol. The van der Waals surface area contributed by atoms with Crippen molar-refractivity contribution < 1.29 is 0 Å². The molecular weight excluding hydrogens is 242 g/mol. The molecule has 1 aliphatic heterocycles. The Morgan fingerprint density at radius 3 is 2.55 bits per heavy atom. The minimum absolute atomic E-state index is 1.02. The lowest BCUT2D eigenvalue weighted by molar-refractivity contribution is 0.639. The molecule has 0 amide bonds. The second-order valence-corrected chi connectivity index (χ2v) is 6.04. The van der Waals surface area contributed by atoms with Crippen molar-refractivity contribution in [2.75, 3.05) is 6.54 Å². The van der Waals surface area contributed by atoms with Crippen molar-refractivity contribution in [3.8, 4) is 0 Å². The largest absolute Gasteiger partial charge is 0.312 e. The van der Waals surface area contributed by atoms with Gasteiger partial charge in [-0.3, -0.25) is 0 Å². The first kappa shape index (κ1) is 13.4. The molecule has 2 aromatic carbocycles. The van der Waals surface area contributed by atoms with E-state index < -0.39 is 0 Å². The van der Waals surface area contributed by atoms with Gasteiger partial charge in [-0.15, -0.1) is 0 Å². The van der Waals surface area contributed by atoms with E-state index in [-0.39, 0.29) is 0 Å². The fraction of sp³-hybridized carbons (Fsp3) is 0.368. The zero-order chi connectivity index (χ0) is 14.1. The topological polar surface area (TPSA) is 12.0 Å². The number of hydrogen-bond acceptors (Lipinski definition) is 1. The van der Waals surface area contributed by atoms with Crippen molar-refractivity contribution in [3.63, 3.8) is 0 Å². The summed E-state index contributed by atoms with van der Waals surface area (Å²) in [7, 11) is 0. The standard InChI is InChI=1S/C19H23N/c1-13-9-14(2)19(15(3)10-13)11-16-5-4-6-17-12-20-8-7-18(16)17/h4-6,9-10,20H,7-8,11-12H2,1-3H3. The van der Waals surface area contributed by atoms with Crippen molar-refractivity contribution in [2.45, 2.75) is 40.2 Å². The number of hydrogen-bond donors (Lipinski definition) is 1. The van der Waals surface area contributed by atoms with Gasteiger partial charge < -0.3 is 5.32 Å². The molecule has 0 spiro atoms. The van der Waals surface area contributed by atoms with Crippen LogP contribution in [-0.4, -0.2) is 6.54 Å². The number of aryl methyl sites for hydroxylation is 3. The van der Waals surface area contributed by atoms with Crippen molar-refractivity contribution in [3.05, 3.63) is 69.3 Å². The predicted octanol–water partition coefficient (Wildman–Crippen LogP) is 3.85.